The molecule has 32 heavy (non-hydrogen) atoms. The number of ether oxygens (including phenoxy) is 1. The zero-order chi connectivity index (χ0) is 22.2. The van der Waals surface area contributed by atoms with Gasteiger partial charge in [0.25, 0.3) is 11.5 Å². The largest absolute Gasteiger partial charge is 0.467 e. The second-order valence-electron chi connectivity index (χ2n) is 7.96. The average Bonchev–Trinajstić information content (AvgIpc) is 3.49. The Morgan fingerprint density at radius 1 is 1.31 bits per heavy atom. The first-order chi connectivity index (χ1) is 15.5. The first-order valence-electron chi connectivity index (χ1n) is 10.6. The van der Waals surface area contributed by atoms with Crippen LogP contribution in [0.15, 0.2) is 52.0 Å². The van der Waals surface area contributed by atoms with Crippen molar-refractivity contribution in [3.05, 3.63) is 75.5 Å². The summed E-state index contributed by atoms with van der Waals surface area (Å²) in [6.07, 6.45) is 5.03. The van der Waals surface area contributed by atoms with Crippen molar-refractivity contribution in [2.24, 2.45) is 0 Å². The molecule has 0 aliphatic carbocycles. The summed E-state index contributed by atoms with van der Waals surface area (Å²) in [6, 6.07) is 8.65. The smallest absolute Gasteiger partial charge is 0.267 e. The van der Waals surface area contributed by atoms with Crippen LogP contribution in [-0.2, 0) is 11.3 Å². The molecule has 0 radical (unpaired) electrons. The summed E-state index contributed by atoms with van der Waals surface area (Å²) in [5.41, 5.74) is 1.45. The molecule has 1 unspecified atom stereocenters. The summed E-state index contributed by atoms with van der Waals surface area (Å²) in [5, 5.41) is 11.9. The van der Waals surface area contributed by atoms with E-state index in [1.54, 1.807) is 35.2 Å². The van der Waals surface area contributed by atoms with Crippen molar-refractivity contribution in [3.63, 3.8) is 0 Å². The number of pyridine rings is 2. The summed E-state index contributed by atoms with van der Waals surface area (Å²) in [6.45, 7) is 3.10. The molecule has 0 spiro atoms. The number of carbonyl (C=O) groups is 1. The van der Waals surface area contributed by atoms with Crippen molar-refractivity contribution in [1.82, 2.24) is 19.3 Å². The molecular formula is C23H23N5O4. The van der Waals surface area contributed by atoms with Gasteiger partial charge in [-0.1, -0.05) is 6.07 Å². The van der Waals surface area contributed by atoms with Gasteiger partial charge in [0.05, 0.1) is 29.9 Å². The van der Waals surface area contributed by atoms with E-state index in [0.717, 1.165) is 18.4 Å². The Balaban J connectivity index is 1.69. The minimum absolute atomic E-state index is 0.0250. The Bertz CT molecular complexity index is 1430. The Morgan fingerprint density at radius 3 is 2.94 bits per heavy atom. The number of aryl methyl sites for hydroxylation is 1. The minimum atomic E-state index is -0.422. The van der Waals surface area contributed by atoms with Gasteiger partial charge in [-0.2, -0.15) is 0 Å². The zero-order valence-corrected chi connectivity index (χ0v) is 17.6. The summed E-state index contributed by atoms with van der Waals surface area (Å²) < 4.78 is 14.0. The molecule has 0 bridgehead atoms. The number of fused-ring (bicyclic) bond motifs is 2. The lowest BCUT2D eigenvalue weighted by Gasteiger charge is -2.15. The monoisotopic (exact) mass is 433 g/mol. The van der Waals surface area contributed by atoms with E-state index in [4.69, 9.17) is 19.5 Å². The van der Waals surface area contributed by atoms with Crippen molar-refractivity contribution in [2.45, 2.75) is 32.4 Å². The third-order valence-electron chi connectivity index (χ3n) is 5.79. The number of nitrogens with one attached hydrogen (secondary N) is 2. The molecule has 1 aliphatic heterocycles. The standard InChI is InChI=1S/C23H23N5O4/c1-14-5-2-8-27-20(14)26-21-18(23(27)30)11-17(22(29)25-12-15-6-3-9-31-15)19(24)28(21)13-16-7-4-10-32-16/h2,4-5,7-8,10-11,15,24H,3,6,9,12-13H2,1H3,(H,25,29). The van der Waals surface area contributed by atoms with Crippen LogP contribution in [0.3, 0.4) is 0 Å². The van der Waals surface area contributed by atoms with E-state index >= 15 is 0 Å². The van der Waals surface area contributed by atoms with Gasteiger partial charge in [-0.3, -0.25) is 19.4 Å². The van der Waals surface area contributed by atoms with Gasteiger partial charge < -0.3 is 19.0 Å². The van der Waals surface area contributed by atoms with Gasteiger partial charge >= 0.3 is 0 Å². The summed E-state index contributed by atoms with van der Waals surface area (Å²) in [7, 11) is 0. The highest BCUT2D eigenvalue weighted by molar-refractivity contribution is 5.96. The van der Waals surface area contributed by atoms with Crippen LogP contribution in [0.5, 0.6) is 0 Å². The number of nitrogens with zero attached hydrogens (tertiary/aromatic N) is 3. The molecule has 9 nitrogen and oxygen atoms in total. The lowest BCUT2D eigenvalue weighted by atomic mass is 10.1. The number of hydrogen-bond donors (Lipinski definition) is 2. The van der Waals surface area contributed by atoms with Gasteiger partial charge in [0, 0.05) is 19.3 Å². The fraction of sp³-hybridized carbons (Fsp3) is 0.304. The zero-order valence-electron chi connectivity index (χ0n) is 17.6. The van der Waals surface area contributed by atoms with Crippen LogP contribution < -0.4 is 16.4 Å². The maximum absolute atomic E-state index is 13.3. The van der Waals surface area contributed by atoms with Crippen LogP contribution >= 0.6 is 0 Å². The average molecular weight is 433 g/mol. The third-order valence-corrected chi connectivity index (χ3v) is 5.79. The Kier molecular flexibility index (Phi) is 5.10. The molecule has 2 N–H and O–H groups in total. The Morgan fingerprint density at radius 2 is 2.19 bits per heavy atom. The number of furan rings is 1. The molecule has 1 saturated heterocycles. The molecule has 1 amide bonds. The predicted octanol–water partition coefficient (Wildman–Crippen LogP) is 1.99. The molecule has 9 heteroatoms. The van der Waals surface area contributed by atoms with Gasteiger partial charge in [0.1, 0.15) is 22.5 Å². The lowest BCUT2D eigenvalue weighted by molar-refractivity contribution is 0.0856. The highest BCUT2D eigenvalue weighted by Gasteiger charge is 2.21. The molecule has 5 rings (SSSR count). The highest BCUT2D eigenvalue weighted by Crippen LogP contribution is 2.15. The van der Waals surface area contributed by atoms with Crippen LogP contribution in [0.2, 0.25) is 0 Å². The Labute approximate surface area is 182 Å². The molecule has 4 aromatic heterocycles. The van der Waals surface area contributed by atoms with Crippen molar-refractivity contribution >= 4 is 22.6 Å². The molecule has 164 valence electrons. The van der Waals surface area contributed by atoms with E-state index in [2.05, 4.69) is 5.32 Å². The molecular weight excluding hydrogens is 410 g/mol. The maximum atomic E-state index is 13.3. The molecule has 0 saturated carbocycles. The van der Waals surface area contributed by atoms with E-state index < -0.39 is 5.91 Å². The third kappa shape index (κ3) is 3.50. The molecule has 4 aromatic rings. The second-order valence-corrected chi connectivity index (χ2v) is 7.96. The first kappa shape index (κ1) is 20.2. The van der Waals surface area contributed by atoms with Crippen LogP contribution in [0.1, 0.15) is 34.5 Å². The maximum Gasteiger partial charge on any atom is 0.267 e. The van der Waals surface area contributed by atoms with Gasteiger partial charge in [-0.15, -0.1) is 0 Å². The van der Waals surface area contributed by atoms with Crippen molar-refractivity contribution in [1.29, 1.82) is 5.41 Å². The van der Waals surface area contributed by atoms with Crippen LogP contribution in [0.4, 0.5) is 0 Å². The van der Waals surface area contributed by atoms with Crippen molar-refractivity contribution in [2.75, 3.05) is 13.2 Å². The quantitative estimate of drug-likeness (QED) is 0.467. The van der Waals surface area contributed by atoms with Gasteiger partial charge in [0.15, 0.2) is 0 Å². The van der Waals surface area contributed by atoms with Crippen molar-refractivity contribution < 1.29 is 13.9 Å². The summed E-state index contributed by atoms with van der Waals surface area (Å²) >= 11 is 0. The van der Waals surface area contributed by atoms with Gasteiger partial charge in [-0.25, -0.2) is 4.98 Å². The second kappa shape index (κ2) is 8.08. The minimum Gasteiger partial charge on any atom is -0.467 e. The topological polar surface area (TPSA) is 115 Å². The van der Waals surface area contributed by atoms with Crippen molar-refractivity contribution in [3.8, 4) is 0 Å². The fourth-order valence-corrected chi connectivity index (χ4v) is 4.09. The van der Waals surface area contributed by atoms with E-state index in [1.165, 1.54) is 10.5 Å². The number of rotatable bonds is 5. The highest BCUT2D eigenvalue weighted by atomic mass is 16.5. The number of amides is 1. The lowest BCUT2D eigenvalue weighted by Crippen LogP contribution is -2.38. The number of carbonyl (C=O) groups excluding carboxylic acids is 1. The predicted molar refractivity (Wildman–Crippen MR) is 117 cm³/mol. The Hall–Kier alpha value is -3.72. The molecule has 0 aromatic carbocycles. The van der Waals surface area contributed by atoms with Gasteiger partial charge in [0.2, 0.25) is 0 Å². The van der Waals surface area contributed by atoms with Crippen LogP contribution in [0, 0.1) is 12.3 Å². The molecule has 5 heterocycles. The van der Waals surface area contributed by atoms with E-state index in [1.807, 2.05) is 13.0 Å². The first-order valence-corrected chi connectivity index (χ1v) is 10.6. The molecule has 1 atom stereocenters. The van der Waals surface area contributed by atoms with Gasteiger partial charge in [-0.05, 0) is 49.6 Å². The van der Waals surface area contributed by atoms with E-state index in [-0.39, 0.29) is 34.6 Å². The fourth-order valence-electron chi connectivity index (χ4n) is 4.09. The number of hydrogen-bond acceptors (Lipinski definition) is 6. The number of aromatic nitrogens is 3. The van der Waals surface area contributed by atoms with E-state index in [9.17, 15) is 9.59 Å². The summed E-state index contributed by atoms with van der Waals surface area (Å²) in [5.74, 6) is 0.169. The normalized spacial score (nSPS) is 16.1. The summed E-state index contributed by atoms with van der Waals surface area (Å²) in [4.78, 5) is 31.0. The molecule has 1 aliphatic rings. The van der Waals surface area contributed by atoms with Crippen LogP contribution in [-0.4, -0.2) is 39.1 Å². The SMILES string of the molecule is Cc1cccn2c(=O)c3cc(C(=O)NCC4CCCO4)c(=N)n(Cc4ccco4)c3nc12. The van der Waals surface area contributed by atoms with E-state index in [0.29, 0.717) is 30.2 Å². The molecule has 1 fully saturated rings. The van der Waals surface area contributed by atoms with Crippen LogP contribution in [0.25, 0.3) is 16.7 Å².